The molecule has 1 aromatic rings. The number of aromatic nitrogens is 2. The van der Waals surface area contributed by atoms with Gasteiger partial charge in [-0.2, -0.15) is 0 Å². The van der Waals surface area contributed by atoms with Crippen LogP contribution in [0.2, 0.25) is 0 Å². The first-order valence-corrected chi connectivity index (χ1v) is 6.12. The molecule has 78 valence electrons. The van der Waals surface area contributed by atoms with Crippen molar-refractivity contribution in [1.29, 1.82) is 0 Å². The highest BCUT2D eigenvalue weighted by Gasteiger charge is 2.15. The number of nitrogens with zero attached hydrogens (tertiary/aromatic N) is 2. The van der Waals surface area contributed by atoms with Crippen LogP contribution >= 0.6 is 11.5 Å². The van der Waals surface area contributed by atoms with E-state index in [0.29, 0.717) is 0 Å². The Morgan fingerprint density at radius 1 is 1.50 bits per heavy atom. The van der Waals surface area contributed by atoms with Crippen molar-refractivity contribution < 1.29 is 0 Å². The van der Waals surface area contributed by atoms with Crippen LogP contribution in [-0.4, -0.2) is 22.7 Å². The van der Waals surface area contributed by atoms with Crippen LogP contribution in [0.3, 0.4) is 0 Å². The van der Waals surface area contributed by atoms with Crippen LogP contribution in [0.25, 0.3) is 0 Å². The monoisotopic (exact) mass is 211 g/mol. The van der Waals surface area contributed by atoms with Gasteiger partial charge in [0.25, 0.3) is 0 Å². The van der Waals surface area contributed by atoms with Gasteiger partial charge in [0, 0.05) is 4.88 Å². The highest BCUT2D eigenvalue weighted by molar-refractivity contribution is 7.05. The predicted octanol–water partition coefficient (Wildman–Crippen LogP) is 1.78. The molecule has 1 fully saturated rings. The molecule has 4 heteroatoms. The van der Waals surface area contributed by atoms with Gasteiger partial charge in [0.15, 0.2) is 0 Å². The minimum Gasteiger partial charge on any atom is -0.316 e. The van der Waals surface area contributed by atoms with Crippen LogP contribution in [0.4, 0.5) is 0 Å². The Balaban J connectivity index is 1.92. The summed E-state index contributed by atoms with van der Waals surface area (Å²) in [5, 5.41) is 7.55. The molecule has 0 aliphatic carbocycles. The first kappa shape index (κ1) is 10.1. The van der Waals surface area contributed by atoms with E-state index in [0.717, 1.165) is 24.6 Å². The van der Waals surface area contributed by atoms with E-state index >= 15 is 0 Å². The predicted molar refractivity (Wildman–Crippen MR) is 58.6 cm³/mol. The molecule has 0 saturated carbocycles. The topological polar surface area (TPSA) is 37.8 Å². The Hall–Kier alpha value is -0.480. The van der Waals surface area contributed by atoms with Crippen LogP contribution in [-0.2, 0) is 6.42 Å². The molecule has 1 N–H and O–H groups in total. The van der Waals surface area contributed by atoms with Crippen molar-refractivity contribution in [2.45, 2.75) is 32.6 Å². The average molecular weight is 211 g/mol. The number of aryl methyl sites for hydroxylation is 1. The summed E-state index contributed by atoms with van der Waals surface area (Å²) in [4.78, 5) is 1.37. The lowest BCUT2D eigenvalue weighted by Gasteiger charge is -2.12. The van der Waals surface area contributed by atoms with Gasteiger partial charge in [-0.3, -0.25) is 0 Å². The number of nitrogens with one attached hydrogen (secondary N) is 1. The van der Waals surface area contributed by atoms with Crippen molar-refractivity contribution in [3.8, 4) is 0 Å². The third kappa shape index (κ3) is 2.51. The zero-order chi connectivity index (χ0) is 9.80. The fourth-order valence-electron chi connectivity index (χ4n) is 1.97. The van der Waals surface area contributed by atoms with E-state index in [4.69, 9.17) is 0 Å². The highest BCUT2D eigenvalue weighted by atomic mass is 32.1. The van der Waals surface area contributed by atoms with Crippen molar-refractivity contribution >= 4 is 11.5 Å². The van der Waals surface area contributed by atoms with Gasteiger partial charge in [0.1, 0.15) is 0 Å². The molecule has 2 heterocycles. The molecule has 0 bridgehead atoms. The molecule has 1 unspecified atom stereocenters. The fourth-order valence-corrected chi connectivity index (χ4v) is 2.71. The normalized spacial score (nSPS) is 23.4. The van der Waals surface area contributed by atoms with E-state index in [-0.39, 0.29) is 0 Å². The molecular weight excluding hydrogens is 194 g/mol. The van der Waals surface area contributed by atoms with E-state index in [2.05, 4.69) is 21.8 Å². The molecule has 3 nitrogen and oxygen atoms in total. The fraction of sp³-hybridized carbons (Fsp3) is 0.800. The van der Waals surface area contributed by atoms with E-state index in [9.17, 15) is 0 Å². The average Bonchev–Trinajstić information content (AvgIpc) is 2.44. The minimum atomic E-state index is 0.790. The van der Waals surface area contributed by atoms with E-state index in [1.165, 1.54) is 30.7 Å². The van der Waals surface area contributed by atoms with E-state index in [1.807, 2.05) is 0 Å². The second kappa shape index (κ2) is 4.84. The summed E-state index contributed by atoms with van der Waals surface area (Å²) in [5.74, 6) is 0.790. The molecule has 1 aliphatic heterocycles. The molecule has 14 heavy (non-hydrogen) atoms. The molecule has 0 radical (unpaired) electrons. The first-order valence-electron chi connectivity index (χ1n) is 5.35. The summed E-state index contributed by atoms with van der Waals surface area (Å²) in [5.41, 5.74) is 1.12. The second-order valence-electron chi connectivity index (χ2n) is 4.05. The number of hydrogen-bond donors (Lipinski definition) is 1. The lowest BCUT2D eigenvalue weighted by Crippen LogP contribution is -2.21. The smallest absolute Gasteiger partial charge is 0.0756 e. The van der Waals surface area contributed by atoms with Gasteiger partial charge < -0.3 is 5.32 Å². The Labute approximate surface area is 89.1 Å². The summed E-state index contributed by atoms with van der Waals surface area (Å²) in [7, 11) is 0. The lowest BCUT2D eigenvalue weighted by atomic mass is 9.98. The van der Waals surface area contributed by atoms with Crippen LogP contribution in [0, 0.1) is 12.8 Å². The molecule has 1 atom stereocenters. The minimum absolute atomic E-state index is 0.790. The van der Waals surface area contributed by atoms with Crippen LogP contribution in [0.15, 0.2) is 0 Å². The van der Waals surface area contributed by atoms with Crippen LogP contribution in [0.5, 0.6) is 0 Å². The number of hydrogen-bond acceptors (Lipinski definition) is 4. The third-order valence-corrected chi connectivity index (χ3v) is 3.71. The summed E-state index contributed by atoms with van der Waals surface area (Å²) >= 11 is 1.56. The Bertz CT molecular complexity index is 277. The van der Waals surface area contributed by atoms with Gasteiger partial charge in [-0.25, -0.2) is 0 Å². The standard InChI is InChI=1S/C10H17N3S/c1-8-10(14-13-12-8)6-9-4-2-3-5-11-7-9/h9,11H,2-7H2,1H3. The molecule has 1 aromatic heterocycles. The van der Waals surface area contributed by atoms with Crippen molar-refractivity contribution in [3.05, 3.63) is 10.6 Å². The Morgan fingerprint density at radius 3 is 3.21 bits per heavy atom. The molecule has 1 aliphatic rings. The van der Waals surface area contributed by atoms with Gasteiger partial charge in [-0.15, -0.1) is 5.10 Å². The van der Waals surface area contributed by atoms with Crippen molar-refractivity contribution in [3.63, 3.8) is 0 Å². The molecular formula is C10H17N3S. The van der Waals surface area contributed by atoms with E-state index < -0.39 is 0 Å². The lowest BCUT2D eigenvalue weighted by molar-refractivity contribution is 0.479. The van der Waals surface area contributed by atoms with Crippen molar-refractivity contribution in [2.24, 2.45) is 5.92 Å². The van der Waals surface area contributed by atoms with Gasteiger partial charge in [-0.1, -0.05) is 10.9 Å². The SMILES string of the molecule is Cc1nnsc1CC1CCCCNC1. The molecule has 0 aromatic carbocycles. The van der Waals surface area contributed by atoms with Crippen LogP contribution < -0.4 is 5.32 Å². The molecule has 1 saturated heterocycles. The quantitative estimate of drug-likeness (QED) is 0.810. The maximum Gasteiger partial charge on any atom is 0.0756 e. The Kier molecular flexibility index (Phi) is 3.48. The number of rotatable bonds is 2. The summed E-state index contributed by atoms with van der Waals surface area (Å²) in [6, 6.07) is 0. The first-order chi connectivity index (χ1) is 6.86. The summed E-state index contributed by atoms with van der Waals surface area (Å²) in [6.07, 6.45) is 5.21. The van der Waals surface area contributed by atoms with Gasteiger partial charge in [-0.05, 0) is 56.7 Å². The summed E-state index contributed by atoms with van der Waals surface area (Å²) < 4.78 is 3.98. The van der Waals surface area contributed by atoms with Crippen molar-refractivity contribution in [1.82, 2.24) is 14.9 Å². The van der Waals surface area contributed by atoms with Gasteiger partial charge >= 0.3 is 0 Å². The Morgan fingerprint density at radius 2 is 2.43 bits per heavy atom. The second-order valence-corrected chi connectivity index (χ2v) is 4.89. The maximum absolute atomic E-state index is 4.05. The third-order valence-electron chi connectivity index (χ3n) is 2.87. The largest absolute Gasteiger partial charge is 0.316 e. The van der Waals surface area contributed by atoms with Crippen LogP contribution in [0.1, 0.15) is 29.8 Å². The van der Waals surface area contributed by atoms with Crippen molar-refractivity contribution in [2.75, 3.05) is 13.1 Å². The van der Waals surface area contributed by atoms with E-state index in [1.54, 1.807) is 11.5 Å². The van der Waals surface area contributed by atoms with Gasteiger partial charge in [0.2, 0.25) is 0 Å². The zero-order valence-electron chi connectivity index (χ0n) is 8.62. The maximum atomic E-state index is 4.05. The summed E-state index contributed by atoms with van der Waals surface area (Å²) in [6.45, 7) is 4.41. The van der Waals surface area contributed by atoms with Gasteiger partial charge in [0.05, 0.1) is 5.69 Å². The zero-order valence-corrected chi connectivity index (χ0v) is 9.44. The highest BCUT2D eigenvalue weighted by Crippen LogP contribution is 2.20. The molecule has 2 rings (SSSR count). The molecule has 0 spiro atoms. The molecule has 0 amide bonds.